The van der Waals surface area contributed by atoms with E-state index in [4.69, 9.17) is 32.7 Å². The fourth-order valence-electron chi connectivity index (χ4n) is 3.92. The molecule has 4 rings (SSSR count). The van der Waals surface area contributed by atoms with Gasteiger partial charge in [0.05, 0.1) is 16.6 Å². The highest BCUT2D eigenvalue weighted by Crippen LogP contribution is 2.33. The minimum atomic E-state index is -0.258. The highest BCUT2D eigenvalue weighted by Gasteiger charge is 2.27. The van der Waals surface area contributed by atoms with E-state index in [0.717, 1.165) is 16.0 Å². The number of hydrogen-bond acceptors (Lipinski definition) is 5. The molecule has 0 aliphatic carbocycles. The number of aryl methyl sites for hydroxylation is 1. The van der Waals surface area contributed by atoms with Crippen molar-refractivity contribution in [3.05, 3.63) is 79.5 Å². The summed E-state index contributed by atoms with van der Waals surface area (Å²) >= 11 is 13.8. The quantitative estimate of drug-likeness (QED) is 0.305. The molecule has 0 saturated heterocycles. The molecule has 9 heteroatoms. The molecule has 1 aliphatic heterocycles. The molecule has 1 unspecified atom stereocenters. The number of halogens is 2. The van der Waals surface area contributed by atoms with Crippen molar-refractivity contribution in [2.24, 2.45) is 0 Å². The van der Waals surface area contributed by atoms with E-state index >= 15 is 0 Å². The maximum atomic E-state index is 13.7. The topological polar surface area (TPSA) is 59.1 Å². The SMILES string of the molecule is CCC(C)N(CC(=O)N(Cc1ccc2c(c1)OCO2)Cc1sccc1C)C(=O)c1ccc(Cl)c(Cl)c1. The number of amides is 2. The van der Waals surface area contributed by atoms with E-state index in [1.807, 2.05) is 50.4 Å². The van der Waals surface area contributed by atoms with Crippen LogP contribution in [-0.2, 0) is 17.9 Å². The molecular weight excluding hydrogens is 519 g/mol. The predicted molar refractivity (Wildman–Crippen MR) is 143 cm³/mol. The second kappa shape index (κ2) is 11.5. The van der Waals surface area contributed by atoms with Crippen molar-refractivity contribution in [3.63, 3.8) is 0 Å². The molecule has 0 spiro atoms. The lowest BCUT2D eigenvalue weighted by Crippen LogP contribution is -2.46. The maximum Gasteiger partial charge on any atom is 0.254 e. The van der Waals surface area contributed by atoms with Gasteiger partial charge in [0, 0.05) is 23.0 Å². The molecule has 1 aromatic heterocycles. The van der Waals surface area contributed by atoms with Crippen LogP contribution in [0.25, 0.3) is 0 Å². The van der Waals surface area contributed by atoms with Gasteiger partial charge in [-0.3, -0.25) is 9.59 Å². The summed E-state index contributed by atoms with van der Waals surface area (Å²) in [5, 5.41) is 2.70. The van der Waals surface area contributed by atoms with Crippen molar-refractivity contribution in [1.82, 2.24) is 9.80 Å². The van der Waals surface area contributed by atoms with Gasteiger partial charge < -0.3 is 19.3 Å². The number of hydrogen-bond donors (Lipinski definition) is 0. The fourth-order valence-corrected chi connectivity index (χ4v) is 5.14. The van der Waals surface area contributed by atoms with Gasteiger partial charge in [-0.15, -0.1) is 11.3 Å². The van der Waals surface area contributed by atoms with Gasteiger partial charge in [-0.2, -0.15) is 0 Å². The van der Waals surface area contributed by atoms with Gasteiger partial charge in [0.25, 0.3) is 5.91 Å². The van der Waals surface area contributed by atoms with Crippen molar-refractivity contribution in [2.45, 2.75) is 46.3 Å². The number of ether oxygens (including phenoxy) is 2. The summed E-state index contributed by atoms with van der Waals surface area (Å²) in [4.78, 5) is 31.7. The molecule has 0 N–H and O–H groups in total. The molecule has 3 aromatic rings. The average Bonchev–Trinajstić information content (AvgIpc) is 3.51. The van der Waals surface area contributed by atoms with Gasteiger partial charge in [-0.25, -0.2) is 0 Å². The number of carbonyl (C=O) groups is 2. The van der Waals surface area contributed by atoms with Gasteiger partial charge >= 0.3 is 0 Å². The summed E-state index contributed by atoms with van der Waals surface area (Å²) in [6, 6.07) is 12.4. The number of benzene rings is 2. The van der Waals surface area contributed by atoms with Crippen LogP contribution in [0.5, 0.6) is 11.5 Å². The summed E-state index contributed by atoms with van der Waals surface area (Å²) in [7, 11) is 0. The van der Waals surface area contributed by atoms with Crippen LogP contribution in [0.4, 0.5) is 0 Å². The van der Waals surface area contributed by atoms with Gasteiger partial charge in [0.1, 0.15) is 6.54 Å². The molecule has 36 heavy (non-hydrogen) atoms. The Morgan fingerprint density at radius 1 is 1.03 bits per heavy atom. The van der Waals surface area contributed by atoms with Crippen LogP contribution in [0, 0.1) is 6.92 Å². The van der Waals surface area contributed by atoms with Crippen LogP contribution in [0.2, 0.25) is 10.0 Å². The van der Waals surface area contributed by atoms with E-state index in [9.17, 15) is 9.59 Å². The summed E-state index contributed by atoms with van der Waals surface area (Å²) < 4.78 is 10.9. The Balaban J connectivity index is 1.59. The lowest BCUT2D eigenvalue weighted by atomic mass is 10.1. The van der Waals surface area contributed by atoms with E-state index in [-0.39, 0.29) is 31.2 Å². The summed E-state index contributed by atoms with van der Waals surface area (Å²) in [5.41, 5.74) is 2.45. The van der Waals surface area contributed by atoms with Crippen LogP contribution in [0.15, 0.2) is 47.8 Å². The van der Waals surface area contributed by atoms with Crippen molar-refractivity contribution >= 4 is 46.4 Å². The van der Waals surface area contributed by atoms with Crippen molar-refractivity contribution in [3.8, 4) is 11.5 Å². The first kappa shape index (κ1) is 26.3. The van der Waals surface area contributed by atoms with Crippen molar-refractivity contribution < 1.29 is 19.1 Å². The molecule has 1 aliphatic rings. The molecule has 6 nitrogen and oxygen atoms in total. The summed E-state index contributed by atoms with van der Waals surface area (Å²) in [6.07, 6.45) is 0.701. The minimum Gasteiger partial charge on any atom is -0.454 e. The predicted octanol–water partition coefficient (Wildman–Crippen LogP) is 6.56. The van der Waals surface area contributed by atoms with Crippen LogP contribution >= 0.6 is 34.5 Å². The molecule has 2 aromatic carbocycles. The smallest absolute Gasteiger partial charge is 0.254 e. The number of nitrogens with zero attached hydrogens (tertiary/aromatic N) is 2. The molecule has 0 fully saturated rings. The summed E-state index contributed by atoms with van der Waals surface area (Å²) in [5.74, 6) is 0.963. The zero-order chi connectivity index (χ0) is 25.8. The first-order chi connectivity index (χ1) is 17.3. The number of thiophene rings is 1. The summed E-state index contributed by atoms with van der Waals surface area (Å²) in [6.45, 7) is 6.93. The molecule has 190 valence electrons. The Morgan fingerprint density at radius 3 is 2.50 bits per heavy atom. The molecule has 2 amide bonds. The highest BCUT2D eigenvalue weighted by molar-refractivity contribution is 7.10. The van der Waals surface area contributed by atoms with Gasteiger partial charge in [-0.05, 0) is 73.2 Å². The van der Waals surface area contributed by atoms with E-state index in [1.165, 1.54) is 0 Å². The third-order valence-corrected chi connectivity index (χ3v) is 8.07. The van der Waals surface area contributed by atoms with E-state index < -0.39 is 0 Å². The Labute approximate surface area is 225 Å². The van der Waals surface area contributed by atoms with E-state index in [1.54, 1.807) is 39.3 Å². The van der Waals surface area contributed by atoms with Crippen LogP contribution in [-0.4, -0.2) is 41.0 Å². The average molecular weight is 548 g/mol. The normalized spacial score (nSPS) is 12.9. The standard InChI is InChI=1S/C27H28Cl2N2O4S/c1-4-18(3)31(27(33)20-6-7-21(28)22(29)12-20)15-26(32)30(14-25-17(2)9-10-36-25)13-19-5-8-23-24(11-19)35-16-34-23/h5-12,18H,4,13-16H2,1-3H3. The van der Waals surface area contributed by atoms with Gasteiger partial charge in [0.15, 0.2) is 11.5 Å². The molecular formula is C27H28Cl2N2O4S. The fraction of sp³-hybridized carbons (Fsp3) is 0.333. The monoisotopic (exact) mass is 546 g/mol. The lowest BCUT2D eigenvalue weighted by Gasteiger charge is -2.31. The number of carbonyl (C=O) groups excluding carboxylic acids is 2. The second-order valence-electron chi connectivity index (χ2n) is 8.78. The second-order valence-corrected chi connectivity index (χ2v) is 10.6. The Bertz CT molecular complexity index is 1260. The van der Waals surface area contributed by atoms with E-state index in [2.05, 4.69) is 0 Å². The van der Waals surface area contributed by atoms with Gasteiger partial charge in [0.2, 0.25) is 12.7 Å². The molecule has 0 saturated carbocycles. The largest absolute Gasteiger partial charge is 0.454 e. The first-order valence-corrected chi connectivity index (χ1v) is 13.4. The third-order valence-electron chi connectivity index (χ3n) is 6.32. The van der Waals surface area contributed by atoms with Crippen LogP contribution in [0.1, 0.15) is 46.6 Å². The first-order valence-electron chi connectivity index (χ1n) is 11.7. The van der Waals surface area contributed by atoms with Crippen molar-refractivity contribution in [2.75, 3.05) is 13.3 Å². The maximum absolute atomic E-state index is 13.7. The molecule has 0 radical (unpaired) electrons. The number of rotatable bonds is 9. The Morgan fingerprint density at radius 2 is 1.81 bits per heavy atom. The van der Waals surface area contributed by atoms with Crippen molar-refractivity contribution in [1.29, 1.82) is 0 Å². The Kier molecular flexibility index (Phi) is 8.44. The van der Waals surface area contributed by atoms with Crippen LogP contribution < -0.4 is 9.47 Å². The minimum absolute atomic E-state index is 0.0525. The highest BCUT2D eigenvalue weighted by atomic mass is 35.5. The van der Waals surface area contributed by atoms with E-state index in [0.29, 0.717) is 46.6 Å². The Hall–Kier alpha value is -2.74. The third kappa shape index (κ3) is 5.97. The molecule has 1 atom stereocenters. The molecule has 0 bridgehead atoms. The van der Waals surface area contributed by atoms with Crippen LogP contribution in [0.3, 0.4) is 0 Å². The van der Waals surface area contributed by atoms with Gasteiger partial charge in [-0.1, -0.05) is 36.2 Å². The zero-order valence-corrected chi connectivity index (χ0v) is 22.8. The zero-order valence-electron chi connectivity index (χ0n) is 20.4. The number of fused-ring (bicyclic) bond motifs is 1. The lowest BCUT2D eigenvalue weighted by molar-refractivity contribution is -0.133. The molecule has 2 heterocycles.